The fourth-order valence-corrected chi connectivity index (χ4v) is 8.27. The highest BCUT2D eigenvalue weighted by molar-refractivity contribution is 7.91. The van der Waals surface area contributed by atoms with Gasteiger partial charge in [-0.25, -0.2) is 18.2 Å². The van der Waals surface area contributed by atoms with Crippen LogP contribution >= 0.6 is 0 Å². The average Bonchev–Trinajstić information content (AvgIpc) is 3.97. The van der Waals surface area contributed by atoms with Crippen LogP contribution in [0.3, 0.4) is 0 Å². The van der Waals surface area contributed by atoms with Crippen LogP contribution in [-0.4, -0.2) is 66.6 Å². The van der Waals surface area contributed by atoms with E-state index in [-0.39, 0.29) is 31.7 Å². The number of benzene rings is 1. The highest BCUT2D eigenvalue weighted by Gasteiger charge is 2.62. The van der Waals surface area contributed by atoms with Gasteiger partial charge in [-0.3, -0.25) is 19.1 Å². The van der Waals surface area contributed by atoms with E-state index in [9.17, 15) is 27.6 Å². The minimum Gasteiger partial charge on any atom is -0.474 e. The van der Waals surface area contributed by atoms with Gasteiger partial charge in [0.1, 0.15) is 11.6 Å². The Hall–Kier alpha value is -4.26. The number of pyridine rings is 1. The first-order valence-corrected chi connectivity index (χ1v) is 18.5. The topological polar surface area (TPSA) is 170 Å². The molecule has 0 radical (unpaired) electrons. The first-order valence-electron chi connectivity index (χ1n) is 16.9. The molecule has 2 heterocycles. The van der Waals surface area contributed by atoms with Gasteiger partial charge in [-0.1, -0.05) is 51.1 Å². The van der Waals surface area contributed by atoms with E-state index in [1.54, 1.807) is 6.20 Å². The number of fused-ring (bicyclic) bond motifs is 3. The van der Waals surface area contributed by atoms with E-state index in [1.807, 2.05) is 57.2 Å². The molecule has 1 aromatic carbocycles. The number of cyclic esters (lactones) is 1. The number of hydrogen-bond donors (Lipinski definition) is 3. The van der Waals surface area contributed by atoms with Crippen molar-refractivity contribution in [2.75, 3.05) is 6.61 Å². The molecule has 1 aliphatic heterocycles. The molecule has 3 N–H and O–H groups in total. The van der Waals surface area contributed by atoms with Crippen molar-refractivity contribution in [3.63, 3.8) is 0 Å². The molecule has 0 saturated heterocycles. The third kappa shape index (κ3) is 7.36. The second kappa shape index (κ2) is 13.2. The Morgan fingerprint density at radius 3 is 2.61 bits per heavy atom. The standard InChI is InChI=1S/C36H44N4O8S/c1-5-23-20-36(23,33(43)40-49(45,46)25-12-13-25)39-31(42)28-19-24-18-27(28)29(41)30(35(2,3)4)38-34(44)47-16-8-6-7-9-21-10-11-22-14-15-37-32(48-24)26(22)17-21/h5,7,9-11,14-15,17,23-25,27-28,30H,1,6,8,12-13,16,18-20H2,2-4H3,(H,38,44)(H,39,42)(H,40,43)/b9-7+/t23-,24+,27?,28-,30-,36-/m1/s1. The molecule has 6 atom stereocenters. The van der Waals surface area contributed by atoms with E-state index >= 15 is 0 Å². The summed E-state index contributed by atoms with van der Waals surface area (Å²) in [6.07, 6.45) is 8.45. The number of ether oxygens (including phenoxy) is 2. The van der Waals surface area contributed by atoms with Crippen molar-refractivity contribution in [2.45, 2.75) is 88.7 Å². The molecule has 4 aliphatic rings. The van der Waals surface area contributed by atoms with Gasteiger partial charge >= 0.3 is 6.09 Å². The van der Waals surface area contributed by atoms with Crippen molar-refractivity contribution in [3.05, 3.63) is 54.8 Å². The lowest BCUT2D eigenvalue weighted by atomic mass is 9.77. The maximum absolute atomic E-state index is 14.4. The lowest BCUT2D eigenvalue weighted by Crippen LogP contribution is -2.55. The van der Waals surface area contributed by atoms with Gasteiger partial charge in [0.2, 0.25) is 21.8 Å². The zero-order valence-electron chi connectivity index (χ0n) is 28.1. The molecule has 4 bridgehead atoms. The summed E-state index contributed by atoms with van der Waals surface area (Å²) in [5, 5.41) is 6.66. The van der Waals surface area contributed by atoms with Crippen LogP contribution < -0.4 is 20.1 Å². The largest absolute Gasteiger partial charge is 0.474 e. The van der Waals surface area contributed by atoms with Gasteiger partial charge < -0.3 is 20.1 Å². The second-order valence-corrected chi connectivity index (χ2v) is 16.7. The van der Waals surface area contributed by atoms with Gasteiger partial charge in [-0.2, -0.15) is 0 Å². The third-order valence-electron chi connectivity index (χ3n) is 9.97. The Balaban J connectivity index is 1.33. The van der Waals surface area contributed by atoms with E-state index in [0.717, 1.165) is 16.3 Å². The molecule has 12 nitrogen and oxygen atoms in total. The number of sulfonamides is 1. The summed E-state index contributed by atoms with van der Waals surface area (Å²) in [6.45, 7) is 9.39. The minimum absolute atomic E-state index is 0.123. The Bertz CT molecular complexity index is 1810. The Labute approximate surface area is 286 Å². The fraction of sp³-hybridized carbons (Fsp3) is 0.528. The van der Waals surface area contributed by atoms with Gasteiger partial charge in [-0.15, -0.1) is 6.58 Å². The molecule has 49 heavy (non-hydrogen) atoms. The SMILES string of the molecule is C=C[C@@H]1C[C@]1(NC(=O)[C@@H]1C[C@@H]2CC1C(=O)[C@H](C(C)(C)C)NC(=O)OCCC/C=C/c1ccc3ccnc(c3c1)O2)C(=O)NS(=O)(=O)C1CC1. The summed E-state index contributed by atoms with van der Waals surface area (Å²) < 4.78 is 39.4. The molecule has 3 fully saturated rings. The van der Waals surface area contributed by atoms with Crippen molar-refractivity contribution in [2.24, 2.45) is 23.2 Å². The number of carbonyl (C=O) groups is 4. The van der Waals surface area contributed by atoms with Gasteiger partial charge in [0.05, 0.1) is 23.8 Å². The molecule has 3 saturated carbocycles. The summed E-state index contributed by atoms with van der Waals surface area (Å²) >= 11 is 0. The maximum Gasteiger partial charge on any atom is 0.407 e. The Morgan fingerprint density at radius 1 is 1.14 bits per heavy atom. The van der Waals surface area contributed by atoms with Crippen LogP contribution in [0, 0.1) is 23.2 Å². The highest BCUT2D eigenvalue weighted by Crippen LogP contribution is 2.47. The van der Waals surface area contributed by atoms with Crippen LogP contribution in [-0.2, 0) is 29.1 Å². The average molecular weight is 693 g/mol. The zero-order chi connectivity index (χ0) is 35.1. The van der Waals surface area contributed by atoms with Crippen LogP contribution in [0.2, 0.25) is 0 Å². The number of nitrogens with one attached hydrogen (secondary N) is 3. The van der Waals surface area contributed by atoms with Crippen LogP contribution in [0.25, 0.3) is 16.8 Å². The molecule has 1 aromatic heterocycles. The molecule has 2 aromatic rings. The number of ketones is 1. The van der Waals surface area contributed by atoms with Gasteiger partial charge in [-0.05, 0) is 73.4 Å². The Morgan fingerprint density at radius 2 is 1.92 bits per heavy atom. The van der Waals surface area contributed by atoms with Crippen molar-refractivity contribution in [1.82, 2.24) is 20.3 Å². The number of carbonyl (C=O) groups excluding carboxylic acids is 4. The highest BCUT2D eigenvalue weighted by atomic mass is 32.2. The number of hydrogen-bond acceptors (Lipinski definition) is 9. The summed E-state index contributed by atoms with van der Waals surface area (Å²) in [4.78, 5) is 59.5. The van der Waals surface area contributed by atoms with E-state index in [4.69, 9.17) is 9.47 Å². The first kappa shape index (κ1) is 34.6. The molecule has 3 aliphatic carbocycles. The molecule has 1 unspecified atom stereocenters. The number of nitrogens with zero attached hydrogens (tertiary/aromatic N) is 1. The molecule has 262 valence electrons. The van der Waals surface area contributed by atoms with E-state index in [2.05, 4.69) is 26.9 Å². The quantitative estimate of drug-likeness (QED) is 0.376. The number of rotatable bonds is 6. The number of Topliss-reactive ketones (excluding diaryl/α,β-unsaturated/α-hetero) is 1. The predicted molar refractivity (Wildman–Crippen MR) is 183 cm³/mol. The first-order chi connectivity index (χ1) is 23.2. The van der Waals surface area contributed by atoms with Crippen molar-refractivity contribution in [1.29, 1.82) is 0 Å². The molecule has 13 heteroatoms. The Kier molecular flexibility index (Phi) is 9.33. The fourth-order valence-electron chi connectivity index (χ4n) is 6.91. The van der Waals surface area contributed by atoms with Crippen LogP contribution in [0.5, 0.6) is 5.88 Å². The van der Waals surface area contributed by atoms with Crippen molar-refractivity contribution < 1.29 is 37.1 Å². The summed E-state index contributed by atoms with van der Waals surface area (Å²) in [7, 11) is -3.87. The van der Waals surface area contributed by atoms with Gasteiger partial charge in [0.25, 0.3) is 5.91 Å². The number of alkyl carbamates (subject to hydrolysis) is 1. The molecule has 3 amide bonds. The molecular weight excluding hydrogens is 648 g/mol. The van der Waals surface area contributed by atoms with Crippen LogP contribution in [0.4, 0.5) is 4.79 Å². The summed E-state index contributed by atoms with van der Waals surface area (Å²) in [6, 6.07) is 6.81. The second-order valence-electron chi connectivity index (χ2n) is 14.7. The third-order valence-corrected chi connectivity index (χ3v) is 11.8. The van der Waals surface area contributed by atoms with Gasteiger partial charge in [0, 0.05) is 23.4 Å². The van der Waals surface area contributed by atoms with Crippen molar-refractivity contribution in [3.8, 4) is 5.88 Å². The van der Waals surface area contributed by atoms with Gasteiger partial charge in [0.15, 0.2) is 5.78 Å². The number of amides is 3. The smallest absolute Gasteiger partial charge is 0.407 e. The minimum atomic E-state index is -3.87. The molecule has 6 rings (SSSR count). The van der Waals surface area contributed by atoms with E-state index in [0.29, 0.717) is 31.6 Å². The lowest BCUT2D eigenvalue weighted by molar-refractivity contribution is -0.137. The lowest BCUT2D eigenvalue weighted by Gasteiger charge is -2.33. The number of allylic oxidation sites excluding steroid dienone is 1. The normalized spacial score (nSPS) is 29.8. The maximum atomic E-state index is 14.4. The van der Waals surface area contributed by atoms with Crippen LogP contribution in [0.1, 0.15) is 71.3 Å². The molecular formula is C36H44N4O8S. The zero-order valence-corrected chi connectivity index (χ0v) is 28.9. The van der Waals surface area contributed by atoms with E-state index in [1.165, 1.54) is 6.08 Å². The number of aromatic nitrogens is 1. The predicted octanol–water partition coefficient (Wildman–Crippen LogP) is 4.19. The van der Waals surface area contributed by atoms with E-state index < -0.39 is 74.0 Å². The summed E-state index contributed by atoms with van der Waals surface area (Å²) in [5.41, 5.74) is -1.31. The molecule has 0 spiro atoms. The van der Waals surface area contributed by atoms with Crippen molar-refractivity contribution >= 4 is 50.6 Å². The van der Waals surface area contributed by atoms with Crippen LogP contribution in [0.15, 0.2) is 49.2 Å². The monoisotopic (exact) mass is 692 g/mol. The summed E-state index contributed by atoms with van der Waals surface area (Å²) in [5.74, 6) is -3.73.